The van der Waals surface area contributed by atoms with Crippen LogP contribution in [-0.4, -0.2) is 40.7 Å². The Kier molecular flexibility index (Phi) is 3.80. The predicted molar refractivity (Wildman–Crippen MR) is 66.9 cm³/mol. The molecule has 2 heterocycles. The Morgan fingerprint density at radius 2 is 2.11 bits per heavy atom. The highest BCUT2D eigenvalue weighted by Gasteiger charge is 2.41. The van der Waals surface area contributed by atoms with Gasteiger partial charge in [0.2, 0.25) is 0 Å². The zero-order chi connectivity index (χ0) is 13.9. The number of nitrogens with zero attached hydrogens (tertiary/aromatic N) is 1. The van der Waals surface area contributed by atoms with Gasteiger partial charge in [-0.3, -0.25) is 9.78 Å². The van der Waals surface area contributed by atoms with Crippen molar-refractivity contribution in [3.8, 4) is 0 Å². The van der Waals surface area contributed by atoms with Gasteiger partial charge in [-0.2, -0.15) is 0 Å². The molecule has 1 aromatic rings. The molecule has 0 bridgehead atoms. The summed E-state index contributed by atoms with van der Waals surface area (Å²) in [5.41, 5.74) is -0.264. The minimum absolute atomic E-state index is 0.271. The second-order valence-corrected chi connectivity index (χ2v) is 4.59. The van der Waals surface area contributed by atoms with Crippen LogP contribution in [0.1, 0.15) is 28.9 Å². The number of carboxylic acids is 1. The van der Waals surface area contributed by atoms with Crippen LogP contribution < -0.4 is 5.32 Å². The van der Waals surface area contributed by atoms with Gasteiger partial charge in [0, 0.05) is 37.9 Å². The molecule has 0 atom stereocenters. The Balaban J connectivity index is 2.20. The molecule has 0 saturated carbocycles. The molecule has 6 heteroatoms. The molecule has 2 N–H and O–H groups in total. The van der Waals surface area contributed by atoms with Gasteiger partial charge in [-0.25, -0.2) is 4.79 Å². The van der Waals surface area contributed by atoms with Crippen molar-refractivity contribution in [2.75, 3.05) is 13.2 Å². The summed E-state index contributed by atoms with van der Waals surface area (Å²) < 4.78 is 5.16. The summed E-state index contributed by atoms with van der Waals surface area (Å²) in [5.74, 6) is -1.43. The van der Waals surface area contributed by atoms with E-state index in [2.05, 4.69) is 10.3 Å². The molecule has 1 saturated heterocycles. The van der Waals surface area contributed by atoms with Crippen molar-refractivity contribution in [3.05, 3.63) is 29.6 Å². The van der Waals surface area contributed by atoms with Crippen molar-refractivity contribution in [3.63, 3.8) is 0 Å². The number of rotatable bonds is 3. The third-order valence-electron chi connectivity index (χ3n) is 3.36. The summed E-state index contributed by atoms with van der Waals surface area (Å²) >= 11 is 0. The highest BCUT2D eigenvalue weighted by atomic mass is 16.5. The van der Waals surface area contributed by atoms with E-state index in [1.54, 1.807) is 25.3 Å². The largest absolute Gasteiger partial charge is 0.480 e. The lowest BCUT2D eigenvalue weighted by atomic mass is 9.89. The molecule has 0 radical (unpaired) electrons. The standard InChI is InChI=1S/C13H16N2O4/c1-9-10(3-2-6-14-9)11(16)15-13(12(17)18)4-7-19-8-5-13/h2-3,6H,4-5,7-8H2,1H3,(H,15,16)(H,17,18). The molecular formula is C13H16N2O4. The van der Waals surface area contributed by atoms with Crippen molar-refractivity contribution >= 4 is 11.9 Å². The lowest BCUT2D eigenvalue weighted by Crippen LogP contribution is -2.57. The number of aromatic nitrogens is 1. The molecule has 1 aliphatic rings. The van der Waals surface area contributed by atoms with Crippen LogP contribution in [0.25, 0.3) is 0 Å². The molecule has 0 spiro atoms. The van der Waals surface area contributed by atoms with E-state index in [4.69, 9.17) is 4.74 Å². The molecular weight excluding hydrogens is 248 g/mol. The number of aliphatic carboxylic acids is 1. The molecule has 6 nitrogen and oxygen atoms in total. The third-order valence-corrected chi connectivity index (χ3v) is 3.36. The van der Waals surface area contributed by atoms with Crippen LogP contribution in [0.4, 0.5) is 0 Å². The minimum atomic E-state index is -1.24. The van der Waals surface area contributed by atoms with Gasteiger partial charge < -0.3 is 15.2 Å². The van der Waals surface area contributed by atoms with E-state index in [1.165, 1.54) is 0 Å². The monoisotopic (exact) mass is 264 g/mol. The zero-order valence-corrected chi connectivity index (χ0v) is 10.7. The highest BCUT2D eigenvalue weighted by molar-refractivity contribution is 5.98. The fourth-order valence-electron chi connectivity index (χ4n) is 2.12. The number of nitrogens with one attached hydrogen (secondary N) is 1. The fraction of sp³-hybridized carbons (Fsp3) is 0.462. The van der Waals surface area contributed by atoms with Crippen molar-refractivity contribution in [2.45, 2.75) is 25.3 Å². The van der Waals surface area contributed by atoms with Gasteiger partial charge in [-0.15, -0.1) is 0 Å². The Labute approximate surface area is 110 Å². The second-order valence-electron chi connectivity index (χ2n) is 4.59. The van der Waals surface area contributed by atoms with E-state index < -0.39 is 17.4 Å². The normalized spacial score (nSPS) is 17.7. The van der Waals surface area contributed by atoms with Gasteiger partial charge in [-0.1, -0.05) is 0 Å². The smallest absolute Gasteiger partial charge is 0.329 e. The molecule has 2 rings (SSSR count). The topological polar surface area (TPSA) is 88.5 Å². The van der Waals surface area contributed by atoms with Crippen molar-refractivity contribution in [1.29, 1.82) is 0 Å². The van der Waals surface area contributed by atoms with Crippen molar-refractivity contribution < 1.29 is 19.4 Å². The average molecular weight is 264 g/mol. The van der Waals surface area contributed by atoms with Crippen LogP contribution in [0.5, 0.6) is 0 Å². The molecule has 1 aliphatic heterocycles. The van der Waals surface area contributed by atoms with Crippen LogP contribution >= 0.6 is 0 Å². The summed E-state index contributed by atoms with van der Waals surface area (Å²) in [5, 5.41) is 12.0. The van der Waals surface area contributed by atoms with Gasteiger partial charge in [0.15, 0.2) is 0 Å². The first-order valence-corrected chi connectivity index (χ1v) is 6.10. The molecule has 19 heavy (non-hydrogen) atoms. The SMILES string of the molecule is Cc1ncccc1C(=O)NC1(C(=O)O)CCOCC1. The molecule has 0 aromatic carbocycles. The number of pyridine rings is 1. The Morgan fingerprint density at radius 3 is 2.68 bits per heavy atom. The lowest BCUT2D eigenvalue weighted by Gasteiger charge is -2.33. The van der Waals surface area contributed by atoms with E-state index >= 15 is 0 Å². The number of carbonyl (C=O) groups is 2. The number of ether oxygens (including phenoxy) is 1. The third kappa shape index (κ3) is 2.73. The quantitative estimate of drug-likeness (QED) is 0.841. The summed E-state index contributed by atoms with van der Waals surface area (Å²) in [7, 11) is 0. The summed E-state index contributed by atoms with van der Waals surface area (Å²) in [4.78, 5) is 27.7. The molecule has 1 amide bonds. The molecule has 0 unspecified atom stereocenters. The van der Waals surface area contributed by atoms with E-state index in [0.717, 1.165) is 0 Å². The predicted octanol–water partition coefficient (Wildman–Crippen LogP) is 0.754. The maximum atomic E-state index is 12.2. The summed E-state index contributed by atoms with van der Waals surface area (Å²) in [6, 6.07) is 3.28. The van der Waals surface area contributed by atoms with Crippen molar-refractivity contribution in [1.82, 2.24) is 10.3 Å². The molecule has 0 aliphatic carbocycles. The van der Waals surface area contributed by atoms with Crippen LogP contribution in [0.2, 0.25) is 0 Å². The van der Waals surface area contributed by atoms with Gasteiger partial charge in [-0.05, 0) is 19.1 Å². The lowest BCUT2D eigenvalue weighted by molar-refractivity contribution is -0.148. The molecule has 102 valence electrons. The second kappa shape index (κ2) is 5.36. The first-order valence-electron chi connectivity index (χ1n) is 6.10. The fourth-order valence-corrected chi connectivity index (χ4v) is 2.12. The highest BCUT2D eigenvalue weighted by Crippen LogP contribution is 2.22. The van der Waals surface area contributed by atoms with E-state index in [-0.39, 0.29) is 12.8 Å². The average Bonchev–Trinajstić information content (AvgIpc) is 2.40. The zero-order valence-electron chi connectivity index (χ0n) is 10.7. The molecule has 1 aromatic heterocycles. The molecule has 1 fully saturated rings. The van der Waals surface area contributed by atoms with Gasteiger partial charge >= 0.3 is 5.97 Å². The first kappa shape index (κ1) is 13.5. The summed E-state index contributed by atoms with van der Waals surface area (Å²) in [6.07, 6.45) is 2.13. The number of amides is 1. The number of carbonyl (C=O) groups excluding carboxylic acids is 1. The van der Waals surface area contributed by atoms with Gasteiger partial charge in [0.25, 0.3) is 5.91 Å². The number of aryl methyl sites for hydroxylation is 1. The summed E-state index contributed by atoms with van der Waals surface area (Å²) in [6.45, 7) is 2.38. The maximum absolute atomic E-state index is 12.2. The van der Waals surface area contributed by atoms with E-state index in [9.17, 15) is 14.7 Å². The Bertz CT molecular complexity index is 495. The number of carboxylic acid groups (broad SMARTS) is 1. The first-order chi connectivity index (χ1) is 9.05. The van der Waals surface area contributed by atoms with E-state index in [0.29, 0.717) is 24.5 Å². The van der Waals surface area contributed by atoms with Crippen LogP contribution in [0.15, 0.2) is 18.3 Å². The Morgan fingerprint density at radius 1 is 1.42 bits per heavy atom. The van der Waals surface area contributed by atoms with Crippen LogP contribution in [0.3, 0.4) is 0 Å². The minimum Gasteiger partial charge on any atom is -0.480 e. The van der Waals surface area contributed by atoms with Crippen molar-refractivity contribution in [2.24, 2.45) is 0 Å². The van der Waals surface area contributed by atoms with Crippen LogP contribution in [-0.2, 0) is 9.53 Å². The van der Waals surface area contributed by atoms with Gasteiger partial charge in [0.1, 0.15) is 5.54 Å². The maximum Gasteiger partial charge on any atom is 0.329 e. The van der Waals surface area contributed by atoms with E-state index in [1.807, 2.05) is 0 Å². The van der Waals surface area contributed by atoms with Gasteiger partial charge in [0.05, 0.1) is 5.56 Å². The number of hydrogen-bond acceptors (Lipinski definition) is 4. The Hall–Kier alpha value is -1.95. The van der Waals surface area contributed by atoms with Crippen LogP contribution in [0, 0.1) is 6.92 Å². The number of hydrogen-bond donors (Lipinski definition) is 2.